The molecule has 138 valence electrons. The molecule has 1 aliphatic heterocycles. The van der Waals surface area contributed by atoms with Gasteiger partial charge in [-0.2, -0.15) is 0 Å². The maximum Gasteiger partial charge on any atom is 0.249 e. The Balaban J connectivity index is 2.13. The van der Waals surface area contributed by atoms with Crippen molar-refractivity contribution < 1.29 is 19.1 Å². The van der Waals surface area contributed by atoms with Crippen LogP contribution in [0.5, 0.6) is 11.5 Å². The van der Waals surface area contributed by atoms with Gasteiger partial charge in [0.1, 0.15) is 17.5 Å². The van der Waals surface area contributed by atoms with Crippen LogP contribution in [0.1, 0.15) is 27.2 Å². The molecule has 1 fully saturated rings. The number of methoxy groups -OCH3 is 2. The fraction of sp³-hybridized carbons (Fsp3) is 0.556. The Morgan fingerprint density at radius 1 is 1.24 bits per heavy atom. The van der Waals surface area contributed by atoms with E-state index in [0.29, 0.717) is 30.2 Å². The zero-order valence-corrected chi connectivity index (χ0v) is 15.5. The van der Waals surface area contributed by atoms with Crippen molar-refractivity contribution in [2.75, 3.05) is 25.7 Å². The zero-order valence-electron chi connectivity index (χ0n) is 15.5. The number of nitrogens with one attached hydrogen (secondary N) is 1. The smallest absolute Gasteiger partial charge is 0.249 e. The van der Waals surface area contributed by atoms with Crippen LogP contribution in [-0.4, -0.2) is 44.7 Å². The van der Waals surface area contributed by atoms with E-state index in [-0.39, 0.29) is 17.2 Å². The van der Waals surface area contributed by atoms with Crippen LogP contribution in [0.25, 0.3) is 0 Å². The number of nitrogens with zero attached hydrogens (tertiary/aromatic N) is 1. The fourth-order valence-electron chi connectivity index (χ4n) is 2.67. The SMILES string of the molecule is COc1cc(OC)cc(N2CCC(NC(=O)[C@@H](N)C(C)(C)C)C2=O)c1. The number of ether oxygens (including phenoxy) is 2. The molecule has 0 radical (unpaired) electrons. The summed E-state index contributed by atoms with van der Waals surface area (Å²) in [6.07, 6.45) is 0.529. The van der Waals surface area contributed by atoms with Gasteiger partial charge in [0.25, 0.3) is 0 Å². The number of amides is 2. The van der Waals surface area contributed by atoms with Crippen LogP contribution >= 0.6 is 0 Å². The minimum Gasteiger partial charge on any atom is -0.497 e. The third-order valence-electron chi connectivity index (χ3n) is 4.39. The third kappa shape index (κ3) is 4.22. The molecule has 1 saturated heterocycles. The Kier molecular flexibility index (Phi) is 5.57. The molecule has 1 aromatic carbocycles. The summed E-state index contributed by atoms with van der Waals surface area (Å²) in [5, 5.41) is 2.77. The van der Waals surface area contributed by atoms with Crippen molar-refractivity contribution in [3.63, 3.8) is 0 Å². The van der Waals surface area contributed by atoms with Gasteiger partial charge in [0.15, 0.2) is 0 Å². The van der Waals surface area contributed by atoms with Crippen LogP contribution in [0.15, 0.2) is 18.2 Å². The molecular formula is C18H27N3O4. The highest BCUT2D eigenvalue weighted by Crippen LogP contribution is 2.31. The largest absolute Gasteiger partial charge is 0.497 e. The summed E-state index contributed by atoms with van der Waals surface area (Å²) >= 11 is 0. The first-order valence-corrected chi connectivity index (χ1v) is 8.27. The minimum atomic E-state index is -0.675. The van der Waals surface area contributed by atoms with Gasteiger partial charge in [0.05, 0.1) is 25.9 Å². The summed E-state index contributed by atoms with van der Waals surface area (Å²) in [4.78, 5) is 26.6. The Morgan fingerprint density at radius 3 is 2.28 bits per heavy atom. The molecule has 0 aromatic heterocycles. The lowest BCUT2D eigenvalue weighted by atomic mass is 9.87. The normalized spacial score (nSPS) is 18.9. The lowest BCUT2D eigenvalue weighted by molar-refractivity contribution is -0.128. The number of carbonyl (C=O) groups excluding carboxylic acids is 2. The predicted molar refractivity (Wildman–Crippen MR) is 95.9 cm³/mol. The van der Waals surface area contributed by atoms with Gasteiger partial charge in [0.2, 0.25) is 11.8 Å². The van der Waals surface area contributed by atoms with Crippen LogP contribution in [-0.2, 0) is 9.59 Å². The highest BCUT2D eigenvalue weighted by Gasteiger charge is 2.36. The van der Waals surface area contributed by atoms with Crippen LogP contribution < -0.4 is 25.4 Å². The molecular weight excluding hydrogens is 322 g/mol. The van der Waals surface area contributed by atoms with E-state index >= 15 is 0 Å². The van der Waals surface area contributed by atoms with E-state index in [1.54, 1.807) is 37.3 Å². The molecule has 1 unspecified atom stereocenters. The Labute approximate surface area is 148 Å². The molecule has 25 heavy (non-hydrogen) atoms. The number of rotatable bonds is 5. The molecule has 2 atom stereocenters. The lowest BCUT2D eigenvalue weighted by Crippen LogP contribution is -2.53. The van der Waals surface area contributed by atoms with Crippen molar-refractivity contribution in [2.45, 2.75) is 39.3 Å². The van der Waals surface area contributed by atoms with E-state index in [1.807, 2.05) is 20.8 Å². The molecule has 0 bridgehead atoms. The predicted octanol–water partition coefficient (Wildman–Crippen LogP) is 1.30. The molecule has 1 heterocycles. The number of anilines is 1. The number of nitrogens with two attached hydrogens (primary N) is 1. The third-order valence-corrected chi connectivity index (χ3v) is 4.39. The molecule has 0 spiro atoms. The Bertz CT molecular complexity index is 632. The molecule has 3 N–H and O–H groups in total. The van der Waals surface area contributed by atoms with Gasteiger partial charge in [-0.05, 0) is 11.8 Å². The van der Waals surface area contributed by atoms with Gasteiger partial charge in [-0.3, -0.25) is 9.59 Å². The van der Waals surface area contributed by atoms with Crippen molar-refractivity contribution in [2.24, 2.45) is 11.1 Å². The summed E-state index contributed by atoms with van der Waals surface area (Å²) in [6.45, 7) is 6.18. The van der Waals surface area contributed by atoms with Gasteiger partial charge >= 0.3 is 0 Å². The molecule has 7 heteroatoms. The molecule has 0 saturated carbocycles. The average molecular weight is 349 g/mol. The molecule has 7 nitrogen and oxygen atoms in total. The van der Waals surface area contributed by atoms with Crippen LogP contribution in [0, 0.1) is 5.41 Å². The van der Waals surface area contributed by atoms with Gasteiger partial charge < -0.3 is 25.4 Å². The molecule has 1 aromatic rings. The van der Waals surface area contributed by atoms with Crippen LogP contribution in [0.2, 0.25) is 0 Å². The second-order valence-electron chi connectivity index (χ2n) is 7.25. The fourth-order valence-corrected chi connectivity index (χ4v) is 2.67. The topological polar surface area (TPSA) is 93.9 Å². The van der Waals surface area contributed by atoms with Crippen LogP contribution in [0.3, 0.4) is 0 Å². The Morgan fingerprint density at radius 2 is 1.80 bits per heavy atom. The van der Waals surface area contributed by atoms with Gasteiger partial charge in [-0.25, -0.2) is 0 Å². The maximum absolute atomic E-state index is 12.7. The monoisotopic (exact) mass is 349 g/mol. The number of hydrogen-bond acceptors (Lipinski definition) is 5. The standard InChI is InChI=1S/C18H27N3O4/c1-18(2,3)15(19)16(22)20-14-6-7-21(17(14)23)11-8-12(24-4)10-13(9-11)25-5/h8-10,14-15H,6-7,19H2,1-5H3,(H,20,22)/t14?,15-/m1/s1. The Hall–Kier alpha value is -2.28. The molecule has 2 rings (SSSR count). The van der Waals surface area contributed by atoms with Crippen molar-refractivity contribution in [3.05, 3.63) is 18.2 Å². The van der Waals surface area contributed by atoms with E-state index in [1.165, 1.54) is 0 Å². The molecule has 2 amide bonds. The van der Waals surface area contributed by atoms with Crippen molar-refractivity contribution in [1.82, 2.24) is 5.32 Å². The van der Waals surface area contributed by atoms with Crippen molar-refractivity contribution >= 4 is 17.5 Å². The van der Waals surface area contributed by atoms with Gasteiger partial charge in [-0.1, -0.05) is 20.8 Å². The van der Waals surface area contributed by atoms with Crippen molar-refractivity contribution in [3.8, 4) is 11.5 Å². The van der Waals surface area contributed by atoms with Gasteiger partial charge in [0, 0.05) is 24.7 Å². The first-order chi connectivity index (χ1) is 11.7. The highest BCUT2D eigenvalue weighted by molar-refractivity contribution is 6.02. The summed E-state index contributed by atoms with van der Waals surface area (Å²) in [6, 6.07) is 4.03. The maximum atomic E-state index is 12.7. The van der Waals surface area contributed by atoms with E-state index in [4.69, 9.17) is 15.2 Å². The van der Waals surface area contributed by atoms with E-state index < -0.39 is 12.1 Å². The quantitative estimate of drug-likeness (QED) is 0.836. The van der Waals surface area contributed by atoms with Gasteiger partial charge in [-0.15, -0.1) is 0 Å². The first-order valence-electron chi connectivity index (χ1n) is 8.27. The second kappa shape index (κ2) is 7.31. The van der Waals surface area contributed by atoms with Crippen molar-refractivity contribution in [1.29, 1.82) is 0 Å². The zero-order chi connectivity index (χ0) is 18.8. The average Bonchev–Trinajstić information content (AvgIpc) is 2.93. The first kappa shape index (κ1) is 19.1. The molecule has 1 aliphatic rings. The summed E-state index contributed by atoms with van der Waals surface area (Å²) in [7, 11) is 3.11. The van der Waals surface area contributed by atoms with E-state index in [2.05, 4.69) is 5.32 Å². The number of carbonyl (C=O) groups is 2. The van der Waals surface area contributed by atoms with E-state index in [9.17, 15) is 9.59 Å². The summed E-state index contributed by atoms with van der Waals surface area (Å²) in [5.74, 6) is 0.731. The van der Waals surface area contributed by atoms with Crippen LogP contribution in [0.4, 0.5) is 5.69 Å². The highest BCUT2D eigenvalue weighted by atomic mass is 16.5. The number of hydrogen-bond donors (Lipinski definition) is 2. The number of benzene rings is 1. The summed E-state index contributed by atoms with van der Waals surface area (Å²) < 4.78 is 10.5. The lowest BCUT2D eigenvalue weighted by Gasteiger charge is -2.27. The second-order valence-corrected chi connectivity index (χ2v) is 7.25. The molecule has 0 aliphatic carbocycles. The minimum absolute atomic E-state index is 0.162. The summed E-state index contributed by atoms with van der Waals surface area (Å²) in [5.41, 5.74) is 6.28. The van der Waals surface area contributed by atoms with E-state index in [0.717, 1.165) is 0 Å².